The van der Waals surface area contributed by atoms with Crippen LogP contribution in [0, 0.1) is 5.92 Å². The molecule has 0 aromatic rings. The lowest BCUT2D eigenvalue weighted by Gasteiger charge is -2.30. The van der Waals surface area contributed by atoms with Gasteiger partial charge in [-0.3, -0.25) is 24.0 Å². The molecule has 0 aromatic carbocycles. The summed E-state index contributed by atoms with van der Waals surface area (Å²) in [5.74, 6) is -6.48. The summed E-state index contributed by atoms with van der Waals surface area (Å²) in [5.41, 5.74) is 5.91. The van der Waals surface area contributed by atoms with Crippen molar-refractivity contribution >= 4 is 35.6 Å². The Morgan fingerprint density at radius 3 is 2.18 bits per heavy atom. The summed E-state index contributed by atoms with van der Waals surface area (Å²) in [6.07, 6.45) is -0.270. The molecule has 1 heterocycles. The van der Waals surface area contributed by atoms with E-state index in [2.05, 4.69) is 10.6 Å². The molecule has 1 rings (SSSR count). The Balaban J connectivity index is 3.00. The third-order valence-corrected chi connectivity index (χ3v) is 5.65. The molecule has 186 valence electrons. The second-order valence-corrected chi connectivity index (χ2v) is 8.09. The van der Waals surface area contributed by atoms with Crippen LogP contribution in [0.4, 0.5) is 0 Å². The Kier molecular flexibility index (Phi) is 10.7. The molecular formula is C20H32N4O9. The van der Waals surface area contributed by atoms with Gasteiger partial charge in [0.15, 0.2) is 0 Å². The highest BCUT2D eigenvalue weighted by molar-refractivity contribution is 5.95. The molecule has 13 heteroatoms. The molecule has 13 nitrogen and oxygen atoms in total. The number of hydrogen-bond acceptors (Lipinski definition) is 7. The van der Waals surface area contributed by atoms with Gasteiger partial charge in [0, 0.05) is 13.0 Å². The lowest BCUT2D eigenvalue weighted by atomic mass is 9.98. The largest absolute Gasteiger partial charge is 0.481 e. The van der Waals surface area contributed by atoms with Crippen LogP contribution in [0.5, 0.6) is 0 Å². The number of carboxylic acid groups (broad SMARTS) is 3. The predicted octanol–water partition coefficient (Wildman–Crippen LogP) is -1.26. The average molecular weight is 472 g/mol. The van der Waals surface area contributed by atoms with E-state index >= 15 is 0 Å². The fourth-order valence-electron chi connectivity index (χ4n) is 3.45. The summed E-state index contributed by atoms with van der Waals surface area (Å²) >= 11 is 0. The predicted molar refractivity (Wildman–Crippen MR) is 113 cm³/mol. The molecule has 1 saturated heterocycles. The normalized spacial score (nSPS) is 19.1. The van der Waals surface area contributed by atoms with E-state index in [0.29, 0.717) is 12.8 Å². The van der Waals surface area contributed by atoms with E-state index in [9.17, 15) is 28.8 Å². The topological polar surface area (TPSA) is 216 Å². The molecule has 0 radical (unpaired) electrons. The van der Waals surface area contributed by atoms with Crippen molar-refractivity contribution in [1.29, 1.82) is 0 Å². The summed E-state index contributed by atoms with van der Waals surface area (Å²) in [6, 6.07) is -4.92. The first kappa shape index (κ1) is 27.8. The monoisotopic (exact) mass is 472 g/mol. The zero-order chi connectivity index (χ0) is 25.3. The van der Waals surface area contributed by atoms with Gasteiger partial charge in [-0.2, -0.15) is 0 Å². The number of hydrogen-bond donors (Lipinski definition) is 6. The fourth-order valence-corrected chi connectivity index (χ4v) is 3.45. The van der Waals surface area contributed by atoms with Crippen molar-refractivity contribution in [2.45, 2.75) is 76.5 Å². The molecule has 0 aliphatic carbocycles. The molecular weight excluding hydrogens is 440 g/mol. The molecule has 0 saturated carbocycles. The minimum atomic E-state index is -1.68. The summed E-state index contributed by atoms with van der Waals surface area (Å²) in [4.78, 5) is 72.6. The molecule has 5 atom stereocenters. The van der Waals surface area contributed by atoms with Gasteiger partial charge in [-0.05, 0) is 25.2 Å². The summed E-state index contributed by atoms with van der Waals surface area (Å²) in [6.45, 7) is 3.73. The SMILES string of the molecule is CCC(C)C(N)C(=O)NC(CCC(=O)O)C(=O)N1CCCC1C(=O)NC(CC(=O)O)C(=O)O. The number of rotatable bonds is 13. The van der Waals surface area contributed by atoms with E-state index in [1.54, 1.807) is 6.92 Å². The Bertz CT molecular complexity index is 773. The standard InChI is InChI=1S/C20H32N4O9/c1-3-10(2)16(21)18(30)22-11(6-7-14(25)26)19(31)24-8-4-5-13(24)17(29)23-12(20(32)33)9-15(27)28/h10-13,16H,3-9,21H2,1-2H3,(H,22,30)(H,23,29)(H,25,26)(H,27,28)(H,32,33). The molecule has 1 aliphatic heterocycles. The molecule has 33 heavy (non-hydrogen) atoms. The van der Waals surface area contributed by atoms with Crippen LogP contribution in [0.15, 0.2) is 0 Å². The Hall–Kier alpha value is -3.22. The van der Waals surface area contributed by atoms with Crippen LogP contribution in [0.3, 0.4) is 0 Å². The van der Waals surface area contributed by atoms with Gasteiger partial charge >= 0.3 is 17.9 Å². The van der Waals surface area contributed by atoms with Crippen LogP contribution in [0.2, 0.25) is 0 Å². The highest BCUT2D eigenvalue weighted by Crippen LogP contribution is 2.20. The maximum atomic E-state index is 13.2. The number of aliphatic carboxylic acids is 3. The van der Waals surface area contributed by atoms with Crippen molar-refractivity contribution in [3.8, 4) is 0 Å². The minimum Gasteiger partial charge on any atom is -0.481 e. The molecule has 7 N–H and O–H groups in total. The first-order valence-corrected chi connectivity index (χ1v) is 10.7. The lowest BCUT2D eigenvalue weighted by molar-refractivity contribution is -0.148. The number of carboxylic acids is 3. The molecule has 5 unspecified atom stereocenters. The number of likely N-dealkylation sites (tertiary alicyclic amines) is 1. The van der Waals surface area contributed by atoms with Crippen molar-refractivity contribution < 1.29 is 44.1 Å². The highest BCUT2D eigenvalue weighted by atomic mass is 16.4. The van der Waals surface area contributed by atoms with Crippen molar-refractivity contribution in [3.05, 3.63) is 0 Å². The van der Waals surface area contributed by atoms with Gasteiger partial charge < -0.3 is 36.6 Å². The molecule has 0 bridgehead atoms. The Labute approximate surface area is 190 Å². The van der Waals surface area contributed by atoms with E-state index in [1.165, 1.54) is 0 Å². The number of nitrogens with zero attached hydrogens (tertiary/aromatic N) is 1. The van der Waals surface area contributed by atoms with Gasteiger partial charge in [0.1, 0.15) is 18.1 Å². The Morgan fingerprint density at radius 2 is 1.67 bits per heavy atom. The second kappa shape index (κ2) is 12.7. The van der Waals surface area contributed by atoms with Gasteiger partial charge in [0.2, 0.25) is 17.7 Å². The van der Waals surface area contributed by atoms with Gasteiger partial charge in [-0.1, -0.05) is 20.3 Å². The number of nitrogens with two attached hydrogens (primary N) is 1. The minimum absolute atomic E-state index is 0.129. The summed E-state index contributed by atoms with van der Waals surface area (Å²) in [7, 11) is 0. The molecule has 3 amide bonds. The van der Waals surface area contributed by atoms with E-state index in [-0.39, 0.29) is 25.3 Å². The van der Waals surface area contributed by atoms with Crippen LogP contribution >= 0.6 is 0 Å². The number of nitrogens with one attached hydrogen (secondary N) is 2. The van der Waals surface area contributed by atoms with Gasteiger partial charge in [-0.15, -0.1) is 0 Å². The molecule has 1 aliphatic rings. The van der Waals surface area contributed by atoms with Crippen LogP contribution in [-0.2, 0) is 28.8 Å². The number of carbonyl (C=O) groups is 6. The maximum absolute atomic E-state index is 13.2. The molecule has 1 fully saturated rings. The number of amides is 3. The fraction of sp³-hybridized carbons (Fsp3) is 0.700. The first-order chi connectivity index (χ1) is 15.4. The van der Waals surface area contributed by atoms with Crippen molar-refractivity contribution in [3.63, 3.8) is 0 Å². The molecule has 0 spiro atoms. The zero-order valence-electron chi connectivity index (χ0n) is 18.7. The van der Waals surface area contributed by atoms with Gasteiger partial charge in [0.25, 0.3) is 0 Å². The highest BCUT2D eigenvalue weighted by Gasteiger charge is 2.39. The first-order valence-electron chi connectivity index (χ1n) is 10.7. The van der Waals surface area contributed by atoms with Crippen LogP contribution in [0.25, 0.3) is 0 Å². The van der Waals surface area contributed by atoms with Crippen molar-refractivity contribution in [2.75, 3.05) is 6.54 Å². The van der Waals surface area contributed by atoms with Crippen LogP contribution in [0.1, 0.15) is 52.4 Å². The van der Waals surface area contributed by atoms with E-state index < -0.39 is 72.6 Å². The van der Waals surface area contributed by atoms with Crippen molar-refractivity contribution in [2.24, 2.45) is 11.7 Å². The molecule has 0 aromatic heterocycles. The van der Waals surface area contributed by atoms with Gasteiger partial charge in [-0.25, -0.2) is 4.79 Å². The van der Waals surface area contributed by atoms with Gasteiger partial charge in [0.05, 0.1) is 12.5 Å². The maximum Gasteiger partial charge on any atom is 0.326 e. The van der Waals surface area contributed by atoms with E-state index in [4.69, 9.17) is 21.1 Å². The third kappa shape index (κ3) is 8.33. The van der Waals surface area contributed by atoms with Crippen LogP contribution < -0.4 is 16.4 Å². The second-order valence-electron chi connectivity index (χ2n) is 8.09. The smallest absolute Gasteiger partial charge is 0.326 e. The van der Waals surface area contributed by atoms with Crippen LogP contribution in [-0.4, -0.2) is 86.6 Å². The average Bonchev–Trinajstić information content (AvgIpc) is 3.23. The van der Waals surface area contributed by atoms with E-state index in [1.807, 2.05) is 6.92 Å². The Morgan fingerprint density at radius 1 is 1.03 bits per heavy atom. The quantitative estimate of drug-likeness (QED) is 0.187. The van der Waals surface area contributed by atoms with E-state index in [0.717, 1.165) is 4.90 Å². The number of carbonyl (C=O) groups excluding carboxylic acids is 3. The lowest BCUT2D eigenvalue weighted by Crippen LogP contribution is -2.57. The summed E-state index contributed by atoms with van der Waals surface area (Å²) < 4.78 is 0. The third-order valence-electron chi connectivity index (χ3n) is 5.65. The van der Waals surface area contributed by atoms with Crippen molar-refractivity contribution in [1.82, 2.24) is 15.5 Å². The zero-order valence-corrected chi connectivity index (χ0v) is 18.7. The summed E-state index contributed by atoms with van der Waals surface area (Å²) in [5, 5.41) is 31.6.